The third kappa shape index (κ3) is 8.56. The molecule has 13 heteroatoms. The molecule has 0 bridgehead atoms. The van der Waals surface area contributed by atoms with Crippen LogP contribution in [0.3, 0.4) is 0 Å². The summed E-state index contributed by atoms with van der Waals surface area (Å²) in [6.07, 6.45) is -3.41. The lowest BCUT2D eigenvalue weighted by atomic mass is 9.92. The highest BCUT2D eigenvalue weighted by Crippen LogP contribution is 2.48. The first kappa shape index (κ1) is 29.2. The van der Waals surface area contributed by atoms with Gasteiger partial charge >= 0.3 is 7.82 Å². The topological polar surface area (TPSA) is 111 Å². The molecule has 0 amide bonds. The molecular formula is C20H41B2O10P. The van der Waals surface area contributed by atoms with E-state index in [1.165, 1.54) is 7.11 Å². The van der Waals surface area contributed by atoms with Gasteiger partial charge in [0.1, 0.15) is 52.3 Å². The summed E-state index contributed by atoms with van der Waals surface area (Å²) >= 11 is 0. The van der Waals surface area contributed by atoms with Gasteiger partial charge in [0.2, 0.25) is 0 Å². The molecule has 2 aliphatic rings. The third-order valence-corrected chi connectivity index (χ3v) is 6.44. The van der Waals surface area contributed by atoms with Crippen molar-refractivity contribution in [3.8, 4) is 0 Å². The largest absolute Gasteiger partial charge is 0.472 e. The van der Waals surface area contributed by atoms with E-state index in [9.17, 15) is 9.46 Å². The van der Waals surface area contributed by atoms with Crippen LogP contribution in [-0.2, 0) is 42.0 Å². The number of hydrogen-bond acceptors (Lipinski definition) is 9. The van der Waals surface area contributed by atoms with Crippen LogP contribution in [0.2, 0.25) is 0 Å². The molecule has 0 radical (unpaired) electrons. The van der Waals surface area contributed by atoms with Crippen molar-refractivity contribution in [2.45, 2.75) is 101 Å². The number of phosphoric ester groups is 1. The monoisotopic (exact) mass is 494 g/mol. The van der Waals surface area contributed by atoms with Crippen LogP contribution in [-0.4, -0.2) is 108 Å². The van der Waals surface area contributed by atoms with Crippen molar-refractivity contribution < 1.29 is 46.9 Å². The fourth-order valence-corrected chi connectivity index (χ4v) is 5.06. The van der Waals surface area contributed by atoms with Gasteiger partial charge in [0.15, 0.2) is 0 Å². The Hall–Kier alpha value is -0.000130. The standard InChI is InChI=1S/C20H41B2O10P/c1-19(2,3)27-9-11-14(16(26-8)18(22)29-11)32-33(23,24)28-10-12-13(31-20(4,5)6)15(25-7)17(21)30-12/h11-18H,9-10,21-22H2,1-8H3,(H,23,24). The smallest absolute Gasteiger partial charge is 0.377 e. The van der Waals surface area contributed by atoms with E-state index in [1.807, 2.05) is 57.2 Å². The van der Waals surface area contributed by atoms with E-state index in [-0.39, 0.29) is 31.3 Å². The molecule has 2 aliphatic heterocycles. The lowest BCUT2D eigenvalue weighted by molar-refractivity contribution is -0.125. The normalized spacial score (nSPS) is 37.4. The predicted octanol–water partition coefficient (Wildman–Crippen LogP) is 0.233. The second kappa shape index (κ2) is 11.4. The van der Waals surface area contributed by atoms with E-state index in [2.05, 4.69) is 0 Å². The van der Waals surface area contributed by atoms with Crippen LogP contribution in [0.1, 0.15) is 41.5 Å². The second-order valence-electron chi connectivity index (χ2n) is 10.6. The average molecular weight is 494 g/mol. The lowest BCUT2D eigenvalue weighted by Crippen LogP contribution is -2.43. The molecule has 0 aromatic carbocycles. The van der Waals surface area contributed by atoms with E-state index in [0.717, 1.165) is 0 Å². The predicted molar refractivity (Wildman–Crippen MR) is 127 cm³/mol. The Balaban J connectivity index is 2.06. The molecule has 9 unspecified atom stereocenters. The molecule has 0 spiro atoms. The number of hydrogen-bond donors (Lipinski definition) is 1. The van der Waals surface area contributed by atoms with E-state index in [0.29, 0.717) is 0 Å². The first-order chi connectivity index (χ1) is 15.1. The quantitative estimate of drug-likeness (QED) is 0.335. The lowest BCUT2D eigenvalue weighted by Gasteiger charge is -2.31. The number of methoxy groups -OCH3 is 2. The van der Waals surface area contributed by atoms with Gasteiger partial charge in [0.25, 0.3) is 0 Å². The Labute approximate surface area is 199 Å². The minimum Gasteiger partial charge on any atom is -0.377 e. The van der Waals surface area contributed by atoms with Crippen LogP contribution >= 0.6 is 7.82 Å². The van der Waals surface area contributed by atoms with Crippen LogP contribution in [0.4, 0.5) is 0 Å². The van der Waals surface area contributed by atoms with Gasteiger partial charge in [0, 0.05) is 14.2 Å². The van der Waals surface area contributed by atoms with Gasteiger partial charge in [-0.2, -0.15) is 0 Å². The minimum atomic E-state index is -4.49. The Morgan fingerprint density at radius 3 is 1.76 bits per heavy atom. The van der Waals surface area contributed by atoms with Crippen molar-refractivity contribution in [1.29, 1.82) is 0 Å². The first-order valence-electron chi connectivity index (χ1n) is 11.4. The van der Waals surface area contributed by atoms with Crippen LogP contribution in [0.5, 0.6) is 0 Å². The van der Waals surface area contributed by atoms with Gasteiger partial charge in [-0.1, -0.05) is 0 Å². The van der Waals surface area contributed by atoms with Crippen molar-refractivity contribution in [1.82, 2.24) is 0 Å². The molecule has 192 valence electrons. The highest BCUT2D eigenvalue weighted by molar-refractivity contribution is 7.47. The fraction of sp³-hybridized carbons (Fsp3) is 1.00. The Bertz CT molecular complexity index is 670. The zero-order chi connectivity index (χ0) is 25.2. The van der Waals surface area contributed by atoms with Crippen molar-refractivity contribution in [2.24, 2.45) is 0 Å². The molecule has 0 aromatic heterocycles. The highest BCUT2D eigenvalue weighted by atomic mass is 31.2. The summed E-state index contributed by atoms with van der Waals surface area (Å²) in [5, 5.41) is 0. The molecule has 0 aromatic rings. The molecule has 0 aliphatic carbocycles. The van der Waals surface area contributed by atoms with E-state index < -0.39 is 49.5 Å². The van der Waals surface area contributed by atoms with Crippen LogP contribution in [0.15, 0.2) is 0 Å². The van der Waals surface area contributed by atoms with Gasteiger partial charge in [-0.25, -0.2) is 4.57 Å². The minimum absolute atomic E-state index is 0.179. The summed E-state index contributed by atoms with van der Waals surface area (Å²) in [6, 6.07) is -0.615. The maximum absolute atomic E-state index is 12.9. The SMILES string of the molecule is BC1OC(COP(=O)(O)OC2C(COC(C)(C)C)OC(B)C2OC)C(OC(C)(C)C)C1OC. The zero-order valence-electron chi connectivity index (χ0n) is 21.6. The number of phosphoric acid groups is 1. The molecule has 10 nitrogen and oxygen atoms in total. The molecular weight excluding hydrogens is 453 g/mol. The zero-order valence-corrected chi connectivity index (χ0v) is 22.5. The molecule has 0 saturated carbocycles. The van der Waals surface area contributed by atoms with Crippen molar-refractivity contribution in [3.05, 3.63) is 0 Å². The van der Waals surface area contributed by atoms with Gasteiger partial charge in [-0.05, 0) is 41.5 Å². The van der Waals surface area contributed by atoms with Gasteiger partial charge < -0.3 is 33.3 Å². The van der Waals surface area contributed by atoms with E-state index in [4.69, 9.17) is 37.5 Å². The summed E-state index contributed by atoms with van der Waals surface area (Å²) in [7, 11) is 2.28. The Morgan fingerprint density at radius 1 is 0.818 bits per heavy atom. The Morgan fingerprint density at radius 2 is 1.30 bits per heavy atom. The Kier molecular flexibility index (Phi) is 10.1. The maximum atomic E-state index is 12.9. The summed E-state index contributed by atoms with van der Waals surface area (Å²) in [4.78, 5) is 10.5. The van der Waals surface area contributed by atoms with Crippen molar-refractivity contribution in [3.63, 3.8) is 0 Å². The second-order valence-corrected chi connectivity index (χ2v) is 12.0. The van der Waals surface area contributed by atoms with Crippen LogP contribution < -0.4 is 0 Å². The summed E-state index contributed by atoms with van der Waals surface area (Å²) in [6.45, 7) is 11.5. The molecule has 33 heavy (non-hydrogen) atoms. The summed E-state index contributed by atoms with van der Waals surface area (Å²) < 4.78 is 58.6. The van der Waals surface area contributed by atoms with E-state index >= 15 is 0 Å². The molecule has 2 rings (SSSR count). The van der Waals surface area contributed by atoms with Crippen LogP contribution in [0.25, 0.3) is 0 Å². The third-order valence-electron chi connectivity index (χ3n) is 5.46. The molecule has 9 atom stereocenters. The molecule has 1 N–H and O–H groups in total. The summed E-state index contributed by atoms with van der Waals surface area (Å²) in [5.74, 6) is 0. The summed E-state index contributed by atoms with van der Waals surface area (Å²) in [5.41, 5.74) is -0.867. The maximum Gasteiger partial charge on any atom is 0.472 e. The first-order valence-corrected chi connectivity index (χ1v) is 12.9. The average Bonchev–Trinajstić information content (AvgIpc) is 3.11. The van der Waals surface area contributed by atoms with Crippen molar-refractivity contribution in [2.75, 3.05) is 27.4 Å². The number of ether oxygens (including phenoxy) is 6. The van der Waals surface area contributed by atoms with Gasteiger partial charge in [-0.3, -0.25) is 9.05 Å². The van der Waals surface area contributed by atoms with Crippen molar-refractivity contribution >= 4 is 23.5 Å². The molecule has 2 heterocycles. The van der Waals surface area contributed by atoms with E-state index in [1.54, 1.807) is 7.11 Å². The van der Waals surface area contributed by atoms with Gasteiger partial charge in [0.05, 0.1) is 36.4 Å². The highest BCUT2D eigenvalue weighted by Gasteiger charge is 2.49. The number of rotatable bonds is 10. The molecule has 2 fully saturated rings. The van der Waals surface area contributed by atoms with Gasteiger partial charge in [-0.15, -0.1) is 0 Å². The van der Waals surface area contributed by atoms with Crippen LogP contribution in [0, 0.1) is 0 Å². The molecule has 2 saturated heterocycles. The fourth-order valence-electron chi connectivity index (χ4n) is 4.10.